The largest absolute Gasteiger partial charge is 0.498 e. The Kier molecular flexibility index (Phi) is 8.87. The summed E-state index contributed by atoms with van der Waals surface area (Å²) in [5.74, 6) is 2.30. The van der Waals surface area contributed by atoms with Crippen molar-refractivity contribution >= 4 is 43.8 Å². The van der Waals surface area contributed by atoms with Crippen molar-refractivity contribution < 1.29 is 28.2 Å². The van der Waals surface area contributed by atoms with Gasteiger partial charge in [0.1, 0.15) is 29.1 Å². The van der Waals surface area contributed by atoms with E-state index in [1.807, 2.05) is 38.1 Å². The minimum Gasteiger partial charge on any atom is -0.498 e. The molecule has 2 unspecified atom stereocenters. The molecule has 2 atom stereocenters. The molecule has 0 saturated heterocycles. The molecule has 6 nitrogen and oxygen atoms in total. The van der Waals surface area contributed by atoms with E-state index in [0.717, 1.165) is 32.5 Å². The molecule has 8 heteroatoms. The highest BCUT2D eigenvalue weighted by molar-refractivity contribution is 7.22. The Morgan fingerprint density at radius 2 is 1.66 bits per heavy atom. The first kappa shape index (κ1) is 30.6. The topological polar surface area (TPSA) is 63.2 Å². The fourth-order valence-electron chi connectivity index (χ4n) is 5.48. The molecule has 0 spiro atoms. The van der Waals surface area contributed by atoms with Crippen molar-refractivity contribution in [3.05, 3.63) is 76.8 Å². The first-order valence-electron chi connectivity index (χ1n) is 13.3. The Labute approximate surface area is 250 Å². The maximum atomic E-state index is 14.1. The second-order valence-corrected chi connectivity index (χ2v) is 12.5. The minimum atomic E-state index is -1.11. The summed E-state index contributed by atoms with van der Waals surface area (Å²) in [7, 11) is 9.71. The van der Waals surface area contributed by atoms with Gasteiger partial charge in [0.15, 0.2) is 5.78 Å². The highest BCUT2D eigenvalue weighted by Crippen LogP contribution is 2.50. The van der Waals surface area contributed by atoms with Crippen LogP contribution in [0.5, 0.6) is 11.5 Å². The molecule has 0 N–H and O–H groups in total. The molecule has 0 bridgehead atoms. The summed E-state index contributed by atoms with van der Waals surface area (Å²) in [5.41, 5.74) is 1.86. The van der Waals surface area contributed by atoms with Gasteiger partial charge in [-0.1, -0.05) is 39.0 Å². The van der Waals surface area contributed by atoms with Crippen LogP contribution in [0.1, 0.15) is 40.2 Å². The van der Waals surface area contributed by atoms with Crippen molar-refractivity contribution in [2.24, 2.45) is 10.8 Å². The SMILES string of the molecule is COC1=C(C)C(C)(C(=O)C=Cc2cc(-c3cc4ccccc4s3)c(OC)cc2OC)C(O[Si])C(OC)=C1C(C)(C)C. The maximum absolute atomic E-state index is 14.1. The molecule has 0 saturated carbocycles. The summed E-state index contributed by atoms with van der Waals surface area (Å²) in [6.45, 7) is 9.99. The number of benzene rings is 2. The van der Waals surface area contributed by atoms with Crippen LogP contribution in [0.3, 0.4) is 0 Å². The molecule has 3 aromatic rings. The van der Waals surface area contributed by atoms with Gasteiger partial charge in [0.2, 0.25) is 10.5 Å². The number of carbonyl (C=O) groups is 1. The van der Waals surface area contributed by atoms with E-state index in [1.54, 1.807) is 51.9 Å². The van der Waals surface area contributed by atoms with E-state index in [4.69, 9.17) is 23.4 Å². The molecule has 41 heavy (non-hydrogen) atoms. The second kappa shape index (κ2) is 11.9. The smallest absolute Gasteiger partial charge is 0.247 e. The first-order valence-corrected chi connectivity index (χ1v) is 14.5. The molecule has 1 aliphatic rings. The van der Waals surface area contributed by atoms with Crippen LogP contribution in [0, 0.1) is 10.8 Å². The molecule has 1 aliphatic carbocycles. The third-order valence-corrected chi connectivity index (χ3v) is 9.20. The van der Waals surface area contributed by atoms with Crippen LogP contribution in [-0.2, 0) is 18.7 Å². The number of methoxy groups -OCH3 is 4. The highest BCUT2D eigenvalue weighted by atomic mass is 32.1. The van der Waals surface area contributed by atoms with Crippen molar-refractivity contribution in [3.8, 4) is 21.9 Å². The quantitative estimate of drug-likeness (QED) is 0.190. The standard InChI is InChI=1S/C33H37O6SSi/c1-19-29(37-8)28(32(2,3)4)30(38-9)31(39-41)33(19,5)27(34)15-14-20-16-22(24(36-7)18-23(20)35-6)26-17-21-12-10-11-13-25(21)40-26/h10-18,31H,1-9H3. The summed E-state index contributed by atoms with van der Waals surface area (Å²) in [5, 5.41) is 1.16. The summed E-state index contributed by atoms with van der Waals surface area (Å²) in [6, 6.07) is 14.2. The van der Waals surface area contributed by atoms with Crippen molar-refractivity contribution in [3.63, 3.8) is 0 Å². The van der Waals surface area contributed by atoms with Crippen LogP contribution in [0.4, 0.5) is 0 Å². The van der Waals surface area contributed by atoms with Crippen LogP contribution in [-0.4, -0.2) is 50.8 Å². The molecule has 2 aromatic carbocycles. The van der Waals surface area contributed by atoms with Crippen LogP contribution < -0.4 is 9.47 Å². The normalized spacial score (nSPS) is 19.7. The molecule has 0 fully saturated rings. The van der Waals surface area contributed by atoms with Gasteiger partial charge in [-0.2, -0.15) is 0 Å². The van der Waals surface area contributed by atoms with Gasteiger partial charge >= 0.3 is 0 Å². The van der Waals surface area contributed by atoms with Crippen molar-refractivity contribution in [1.29, 1.82) is 0 Å². The predicted molar refractivity (Wildman–Crippen MR) is 166 cm³/mol. The molecule has 0 aliphatic heterocycles. The van der Waals surface area contributed by atoms with Crippen molar-refractivity contribution in [2.75, 3.05) is 28.4 Å². The van der Waals surface area contributed by atoms with E-state index >= 15 is 0 Å². The van der Waals surface area contributed by atoms with Gasteiger partial charge in [-0.05, 0) is 60.6 Å². The van der Waals surface area contributed by atoms with Crippen LogP contribution in [0.15, 0.2) is 71.2 Å². The van der Waals surface area contributed by atoms with Gasteiger partial charge < -0.3 is 23.4 Å². The Bertz CT molecular complexity index is 1520. The Balaban J connectivity index is 1.81. The van der Waals surface area contributed by atoms with E-state index in [0.29, 0.717) is 23.0 Å². The summed E-state index contributed by atoms with van der Waals surface area (Å²) in [6.07, 6.45) is 2.63. The predicted octanol–water partition coefficient (Wildman–Crippen LogP) is 7.52. The molecule has 215 valence electrons. The zero-order valence-corrected chi connectivity index (χ0v) is 26.9. The number of carbonyl (C=O) groups excluding carboxylic acids is 1. The van der Waals surface area contributed by atoms with E-state index in [9.17, 15) is 4.79 Å². The lowest BCUT2D eigenvalue weighted by atomic mass is 9.65. The monoisotopic (exact) mass is 589 g/mol. The summed E-state index contributed by atoms with van der Waals surface area (Å²) in [4.78, 5) is 15.2. The van der Waals surface area contributed by atoms with Crippen LogP contribution in [0.2, 0.25) is 0 Å². The fourth-order valence-corrected chi connectivity index (χ4v) is 6.91. The number of thiophene rings is 1. The fraction of sp³-hybridized carbons (Fsp3) is 0.364. The minimum absolute atomic E-state index is 0.170. The molecule has 0 amide bonds. The second-order valence-electron chi connectivity index (χ2n) is 11.2. The Morgan fingerprint density at radius 1 is 0.976 bits per heavy atom. The number of hydrogen-bond acceptors (Lipinski definition) is 7. The maximum Gasteiger partial charge on any atom is 0.247 e. The zero-order valence-electron chi connectivity index (χ0n) is 25.1. The molecule has 1 aromatic heterocycles. The number of ketones is 1. The Hall–Kier alpha value is -3.33. The lowest BCUT2D eigenvalue weighted by Crippen LogP contribution is -2.47. The lowest BCUT2D eigenvalue weighted by molar-refractivity contribution is -0.126. The van der Waals surface area contributed by atoms with Gasteiger partial charge in [0.25, 0.3) is 0 Å². The van der Waals surface area contributed by atoms with E-state index in [2.05, 4.69) is 49.5 Å². The zero-order chi connectivity index (χ0) is 30.1. The number of hydrogen-bond donors (Lipinski definition) is 0. The van der Waals surface area contributed by atoms with Crippen LogP contribution in [0.25, 0.3) is 26.6 Å². The van der Waals surface area contributed by atoms with E-state index < -0.39 is 11.5 Å². The third-order valence-electron chi connectivity index (χ3n) is 7.82. The van der Waals surface area contributed by atoms with E-state index in [1.165, 1.54) is 4.70 Å². The van der Waals surface area contributed by atoms with Gasteiger partial charge in [-0.3, -0.25) is 4.79 Å². The average molecular weight is 590 g/mol. The molecular weight excluding hydrogens is 553 g/mol. The number of ether oxygens (including phenoxy) is 4. The van der Waals surface area contributed by atoms with Crippen LogP contribution >= 0.6 is 11.3 Å². The van der Waals surface area contributed by atoms with Crippen molar-refractivity contribution in [2.45, 2.75) is 40.7 Å². The lowest BCUT2D eigenvalue weighted by Gasteiger charge is -2.44. The molecule has 1 heterocycles. The first-order chi connectivity index (χ1) is 19.5. The van der Waals surface area contributed by atoms with Gasteiger partial charge in [-0.15, -0.1) is 11.3 Å². The molecular formula is C33H37O6SSi. The highest BCUT2D eigenvalue weighted by Gasteiger charge is 2.52. The summed E-state index contributed by atoms with van der Waals surface area (Å²) < 4.78 is 30.2. The number of allylic oxidation sites excluding steroid dienone is 2. The molecule has 3 radical (unpaired) electrons. The van der Waals surface area contributed by atoms with Crippen molar-refractivity contribution in [1.82, 2.24) is 0 Å². The molecule has 4 rings (SSSR count). The van der Waals surface area contributed by atoms with Gasteiger partial charge in [0, 0.05) is 32.3 Å². The van der Waals surface area contributed by atoms with E-state index in [-0.39, 0.29) is 11.2 Å². The Morgan fingerprint density at radius 3 is 2.22 bits per heavy atom. The number of fused-ring (bicyclic) bond motifs is 1. The number of rotatable bonds is 9. The third kappa shape index (κ3) is 5.36. The van der Waals surface area contributed by atoms with Gasteiger partial charge in [0.05, 0.1) is 33.9 Å². The average Bonchev–Trinajstić information content (AvgIpc) is 3.39. The summed E-state index contributed by atoms with van der Waals surface area (Å²) >= 11 is 1.69. The van der Waals surface area contributed by atoms with Gasteiger partial charge in [-0.25, -0.2) is 0 Å².